The molecule has 2 saturated heterocycles. The lowest BCUT2D eigenvalue weighted by atomic mass is 10.1. The Labute approximate surface area is 176 Å². The van der Waals surface area contributed by atoms with Crippen molar-refractivity contribution in [2.45, 2.75) is 38.8 Å². The van der Waals surface area contributed by atoms with E-state index in [0.29, 0.717) is 38.0 Å². The Hall–Kier alpha value is -2.78. The Morgan fingerprint density at radius 2 is 2.00 bits per heavy atom. The van der Waals surface area contributed by atoms with E-state index in [0.717, 1.165) is 38.0 Å². The molecule has 0 saturated carbocycles. The van der Waals surface area contributed by atoms with Gasteiger partial charge in [0.2, 0.25) is 11.9 Å². The van der Waals surface area contributed by atoms with Gasteiger partial charge in [-0.25, -0.2) is 0 Å². The van der Waals surface area contributed by atoms with Crippen LogP contribution in [0, 0.1) is 0 Å². The van der Waals surface area contributed by atoms with Crippen molar-refractivity contribution in [1.29, 1.82) is 0 Å². The molecule has 4 rings (SSSR count). The van der Waals surface area contributed by atoms with Crippen LogP contribution in [0.25, 0.3) is 0 Å². The lowest BCUT2D eigenvalue weighted by Gasteiger charge is -2.35. The minimum absolute atomic E-state index is 0.123. The number of hydrogen-bond donors (Lipinski definition) is 2. The van der Waals surface area contributed by atoms with Crippen LogP contribution in [0.5, 0.6) is 0 Å². The topological polar surface area (TPSA) is 110 Å². The van der Waals surface area contributed by atoms with Gasteiger partial charge in [0.15, 0.2) is 0 Å². The van der Waals surface area contributed by atoms with E-state index >= 15 is 0 Å². The molecule has 30 heavy (non-hydrogen) atoms. The Bertz CT molecular complexity index is 877. The number of carbonyl (C=O) groups is 1. The number of nitrogens with zero attached hydrogens (tertiary/aromatic N) is 5. The number of hydrogen-bond acceptors (Lipinski definition) is 8. The SMILES string of the molecule is CCc1ccccc1Nc1nc(N)nc(CN2CCN(C(=O)[C@@H]3CCCO3)CC2)n1. The van der Waals surface area contributed by atoms with Gasteiger partial charge in [0.1, 0.15) is 11.9 Å². The maximum absolute atomic E-state index is 12.5. The number of anilines is 3. The molecule has 0 radical (unpaired) electrons. The van der Waals surface area contributed by atoms with Gasteiger partial charge < -0.3 is 20.7 Å². The first-order chi connectivity index (χ1) is 14.6. The smallest absolute Gasteiger partial charge is 0.251 e. The van der Waals surface area contributed by atoms with Crippen LogP contribution >= 0.6 is 0 Å². The molecule has 2 aliphatic rings. The predicted octanol–water partition coefficient (Wildman–Crippen LogP) is 1.58. The van der Waals surface area contributed by atoms with E-state index < -0.39 is 0 Å². The molecule has 2 aromatic rings. The molecule has 1 amide bonds. The zero-order valence-corrected chi connectivity index (χ0v) is 17.4. The third-order valence-electron chi connectivity index (χ3n) is 5.60. The molecule has 1 atom stereocenters. The average Bonchev–Trinajstić information content (AvgIpc) is 3.29. The fourth-order valence-electron chi connectivity index (χ4n) is 3.94. The van der Waals surface area contributed by atoms with Crippen molar-refractivity contribution in [2.24, 2.45) is 0 Å². The summed E-state index contributed by atoms with van der Waals surface area (Å²) >= 11 is 0. The predicted molar refractivity (Wildman–Crippen MR) is 114 cm³/mol. The van der Waals surface area contributed by atoms with E-state index in [1.54, 1.807) is 0 Å². The molecular weight excluding hydrogens is 382 g/mol. The summed E-state index contributed by atoms with van der Waals surface area (Å²) in [6.07, 6.45) is 2.46. The monoisotopic (exact) mass is 411 g/mol. The number of amides is 1. The summed E-state index contributed by atoms with van der Waals surface area (Å²) in [7, 11) is 0. The average molecular weight is 412 g/mol. The van der Waals surface area contributed by atoms with Crippen molar-refractivity contribution in [3.05, 3.63) is 35.7 Å². The van der Waals surface area contributed by atoms with Crippen LogP contribution in [0.1, 0.15) is 31.2 Å². The van der Waals surface area contributed by atoms with Crippen LogP contribution in [-0.4, -0.2) is 69.5 Å². The first-order valence-electron chi connectivity index (χ1n) is 10.6. The summed E-state index contributed by atoms with van der Waals surface area (Å²) in [6.45, 7) is 6.28. The van der Waals surface area contributed by atoms with Crippen LogP contribution in [0.4, 0.5) is 17.6 Å². The van der Waals surface area contributed by atoms with Crippen LogP contribution < -0.4 is 11.1 Å². The highest BCUT2D eigenvalue weighted by molar-refractivity contribution is 5.81. The highest BCUT2D eigenvalue weighted by Crippen LogP contribution is 2.20. The van der Waals surface area contributed by atoms with Crippen molar-refractivity contribution >= 4 is 23.5 Å². The lowest BCUT2D eigenvalue weighted by molar-refractivity contribution is -0.142. The van der Waals surface area contributed by atoms with E-state index in [-0.39, 0.29) is 18.0 Å². The molecule has 0 bridgehead atoms. The molecule has 3 N–H and O–H groups in total. The van der Waals surface area contributed by atoms with Gasteiger partial charge in [0.25, 0.3) is 5.91 Å². The number of ether oxygens (including phenoxy) is 1. The van der Waals surface area contributed by atoms with Crippen molar-refractivity contribution < 1.29 is 9.53 Å². The zero-order chi connectivity index (χ0) is 20.9. The first kappa shape index (κ1) is 20.5. The van der Waals surface area contributed by atoms with E-state index in [1.807, 2.05) is 23.1 Å². The highest BCUT2D eigenvalue weighted by atomic mass is 16.5. The fraction of sp³-hybridized carbons (Fsp3) is 0.524. The van der Waals surface area contributed by atoms with Gasteiger partial charge in [-0.15, -0.1) is 0 Å². The molecule has 0 aliphatic carbocycles. The Morgan fingerprint density at radius 1 is 1.20 bits per heavy atom. The molecule has 0 unspecified atom stereocenters. The number of nitrogens with one attached hydrogen (secondary N) is 1. The number of nitrogens with two attached hydrogens (primary N) is 1. The number of para-hydroxylation sites is 1. The van der Waals surface area contributed by atoms with Crippen LogP contribution in [0.2, 0.25) is 0 Å². The molecule has 0 spiro atoms. The summed E-state index contributed by atoms with van der Waals surface area (Å²) in [6, 6.07) is 8.07. The van der Waals surface area contributed by atoms with Crippen LogP contribution in [0.15, 0.2) is 24.3 Å². The normalized spacial score (nSPS) is 19.8. The van der Waals surface area contributed by atoms with Gasteiger partial charge in [-0.2, -0.15) is 15.0 Å². The molecule has 3 heterocycles. The van der Waals surface area contributed by atoms with Crippen molar-refractivity contribution in [3.8, 4) is 0 Å². The third-order valence-corrected chi connectivity index (χ3v) is 5.60. The molecule has 9 heteroatoms. The Balaban J connectivity index is 1.36. The fourth-order valence-corrected chi connectivity index (χ4v) is 3.94. The summed E-state index contributed by atoms with van der Waals surface area (Å²) < 4.78 is 5.53. The number of rotatable bonds is 6. The van der Waals surface area contributed by atoms with Crippen molar-refractivity contribution in [2.75, 3.05) is 43.8 Å². The molecular formula is C21H29N7O2. The summed E-state index contributed by atoms with van der Waals surface area (Å²) in [4.78, 5) is 29.7. The van der Waals surface area contributed by atoms with E-state index in [2.05, 4.69) is 38.2 Å². The minimum Gasteiger partial charge on any atom is -0.368 e. The largest absolute Gasteiger partial charge is 0.368 e. The summed E-state index contributed by atoms with van der Waals surface area (Å²) in [5.41, 5.74) is 8.09. The van der Waals surface area contributed by atoms with Gasteiger partial charge in [0, 0.05) is 38.5 Å². The van der Waals surface area contributed by atoms with Crippen molar-refractivity contribution in [3.63, 3.8) is 0 Å². The van der Waals surface area contributed by atoms with E-state index in [4.69, 9.17) is 10.5 Å². The zero-order valence-electron chi connectivity index (χ0n) is 17.4. The number of aromatic nitrogens is 3. The second-order valence-electron chi connectivity index (χ2n) is 7.67. The van der Waals surface area contributed by atoms with Gasteiger partial charge >= 0.3 is 0 Å². The number of aryl methyl sites for hydroxylation is 1. The number of piperazine rings is 1. The number of carbonyl (C=O) groups excluding carboxylic acids is 1. The second-order valence-corrected chi connectivity index (χ2v) is 7.67. The minimum atomic E-state index is -0.250. The van der Waals surface area contributed by atoms with Gasteiger partial charge in [-0.05, 0) is 30.9 Å². The molecule has 1 aromatic heterocycles. The Kier molecular flexibility index (Phi) is 6.39. The maximum atomic E-state index is 12.5. The third kappa shape index (κ3) is 4.85. The molecule has 1 aromatic carbocycles. The molecule has 2 aliphatic heterocycles. The summed E-state index contributed by atoms with van der Waals surface area (Å²) in [5, 5.41) is 3.27. The highest BCUT2D eigenvalue weighted by Gasteiger charge is 2.30. The van der Waals surface area contributed by atoms with E-state index in [1.165, 1.54) is 5.56 Å². The van der Waals surface area contributed by atoms with Crippen LogP contribution in [0.3, 0.4) is 0 Å². The van der Waals surface area contributed by atoms with Gasteiger partial charge in [0.05, 0.1) is 6.54 Å². The lowest BCUT2D eigenvalue weighted by Crippen LogP contribution is -2.51. The molecule has 9 nitrogen and oxygen atoms in total. The number of benzene rings is 1. The second kappa shape index (κ2) is 9.36. The molecule has 2 fully saturated rings. The van der Waals surface area contributed by atoms with Crippen LogP contribution in [-0.2, 0) is 22.5 Å². The van der Waals surface area contributed by atoms with E-state index in [9.17, 15) is 4.79 Å². The van der Waals surface area contributed by atoms with Crippen molar-refractivity contribution in [1.82, 2.24) is 24.8 Å². The van der Waals surface area contributed by atoms with Gasteiger partial charge in [-0.3, -0.25) is 9.69 Å². The standard InChI is InChI=1S/C21H29N7O2/c1-2-15-6-3-4-7-16(15)23-21-25-18(24-20(22)26-21)14-27-9-11-28(12-10-27)19(29)17-8-5-13-30-17/h3-4,6-7,17H,2,5,8-14H2,1H3,(H3,22,23,24,25,26)/t17-/m0/s1. The summed E-state index contributed by atoms with van der Waals surface area (Å²) in [5.74, 6) is 1.39. The van der Waals surface area contributed by atoms with Gasteiger partial charge in [-0.1, -0.05) is 25.1 Å². The Morgan fingerprint density at radius 3 is 2.73 bits per heavy atom. The maximum Gasteiger partial charge on any atom is 0.251 e. The quantitative estimate of drug-likeness (QED) is 0.737. The first-order valence-corrected chi connectivity index (χ1v) is 10.6. The molecule has 160 valence electrons. The number of nitrogen functional groups attached to an aromatic ring is 1.